The summed E-state index contributed by atoms with van der Waals surface area (Å²) in [6.07, 6.45) is 0. The van der Waals surface area contributed by atoms with Crippen molar-refractivity contribution >= 4 is 44.7 Å². The summed E-state index contributed by atoms with van der Waals surface area (Å²) in [5, 5.41) is 0. The van der Waals surface area contributed by atoms with Gasteiger partial charge in [-0.05, 0) is 0 Å². The van der Waals surface area contributed by atoms with Gasteiger partial charge in [0, 0.05) is 0 Å². The number of fused-ring (bicyclic) bond motifs is 6. The van der Waals surface area contributed by atoms with E-state index in [1.54, 1.807) is 3.34 Å². The fourth-order valence-corrected chi connectivity index (χ4v) is 10.9. The Labute approximate surface area is 111 Å². The molecule has 1 saturated carbocycles. The first-order valence-corrected chi connectivity index (χ1v) is 9.21. The summed E-state index contributed by atoms with van der Waals surface area (Å²) in [5.74, 6) is -0.337. The Balaban J connectivity index is 1.94. The SMILES string of the molecule is C[C@@]12C(=O)OC(=O)[C@]1(C)[C@H]1[Se]c3[se]ccc3[C@H]12. The number of ether oxygens (including phenoxy) is 1. The van der Waals surface area contributed by atoms with Gasteiger partial charge in [0.25, 0.3) is 0 Å². The van der Waals surface area contributed by atoms with Crippen LogP contribution in [0.5, 0.6) is 0 Å². The summed E-state index contributed by atoms with van der Waals surface area (Å²) in [6, 6.07) is 2.18. The Morgan fingerprint density at radius 3 is 2.71 bits per heavy atom. The molecule has 88 valence electrons. The number of cyclic esters (lactones) is 2. The van der Waals surface area contributed by atoms with Crippen LogP contribution in [0, 0.1) is 10.8 Å². The van der Waals surface area contributed by atoms with Gasteiger partial charge in [-0.15, -0.1) is 0 Å². The van der Waals surface area contributed by atoms with Crippen LogP contribution in [0.4, 0.5) is 0 Å². The molecule has 3 aliphatic rings. The minimum atomic E-state index is -0.599. The predicted molar refractivity (Wildman–Crippen MR) is 62.6 cm³/mol. The summed E-state index contributed by atoms with van der Waals surface area (Å²) in [6.45, 7) is 3.86. The summed E-state index contributed by atoms with van der Waals surface area (Å²) in [4.78, 5) is 26.6. The van der Waals surface area contributed by atoms with Crippen molar-refractivity contribution in [3.63, 3.8) is 0 Å². The van der Waals surface area contributed by atoms with E-state index >= 15 is 0 Å². The maximum atomic E-state index is 12.0. The van der Waals surface area contributed by atoms with Gasteiger partial charge in [0.15, 0.2) is 0 Å². The summed E-state index contributed by atoms with van der Waals surface area (Å²) in [7, 11) is 0. The molecule has 0 N–H and O–H groups in total. The Morgan fingerprint density at radius 2 is 1.94 bits per heavy atom. The second-order valence-corrected chi connectivity index (χ2v) is 10.9. The molecule has 17 heavy (non-hydrogen) atoms. The third-order valence-electron chi connectivity index (χ3n) is 4.83. The summed E-state index contributed by atoms with van der Waals surface area (Å²) in [5.41, 5.74) is 0.211. The van der Waals surface area contributed by atoms with Gasteiger partial charge in [-0.3, -0.25) is 0 Å². The van der Waals surface area contributed by atoms with Crippen molar-refractivity contribution in [2.24, 2.45) is 10.8 Å². The molecule has 1 aliphatic carbocycles. The molecule has 2 fully saturated rings. The zero-order chi connectivity index (χ0) is 12.0. The van der Waals surface area contributed by atoms with Crippen molar-refractivity contribution in [2.75, 3.05) is 0 Å². The van der Waals surface area contributed by atoms with E-state index in [-0.39, 0.29) is 17.9 Å². The third kappa shape index (κ3) is 0.849. The Kier molecular flexibility index (Phi) is 1.74. The molecule has 1 saturated heterocycles. The van der Waals surface area contributed by atoms with Gasteiger partial charge >= 0.3 is 111 Å². The molecule has 0 spiro atoms. The number of rotatable bonds is 0. The first kappa shape index (κ1) is 10.6. The molecule has 0 bridgehead atoms. The molecule has 1 aromatic rings. The van der Waals surface area contributed by atoms with Crippen LogP contribution in [0.1, 0.15) is 25.3 Å². The average molecular weight is 360 g/mol. The second-order valence-electron chi connectivity index (χ2n) is 5.26. The molecule has 3 heterocycles. The molecule has 3 nitrogen and oxygen atoms in total. The molecular formula is C12H10O3Se2. The average Bonchev–Trinajstić information content (AvgIpc) is 2.87. The minimum absolute atomic E-state index is 0.252. The van der Waals surface area contributed by atoms with Gasteiger partial charge in [-0.1, -0.05) is 0 Å². The van der Waals surface area contributed by atoms with Crippen LogP contribution in [0.15, 0.2) is 11.0 Å². The molecule has 4 atom stereocenters. The fourth-order valence-electron chi connectivity index (χ4n) is 3.53. The van der Waals surface area contributed by atoms with E-state index < -0.39 is 10.8 Å². The monoisotopic (exact) mass is 362 g/mol. The van der Waals surface area contributed by atoms with E-state index in [9.17, 15) is 9.59 Å². The first-order valence-electron chi connectivity index (χ1n) is 5.52. The van der Waals surface area contributed by atoms with E-state index in [2.05, 4.69) is 11.0 Å². The number of hydrogen-bond acceptors (Lipinski definition) is 3. The maximum absolute atomic E-state index is 12.0. The Hall–Kier alpha value is -0.341. The predicted octanol–water partition coefficient (Wildman–Crippen LogP) is 0.0684. The summed E-state index contributed by atoms with van der Waals surface area (Å²) >= 11 is 0.849. The van der Waals surface area contributed by atoms with Crippen molar-refractivity contribution in [1.29, 1.82) is 0 Å². The molecule has 0 aromatic carbocycles. The number of hydrogen-bond donors (Lipinski definition) is 0. The molecule has 5 heteroatoms. The van der Waals surface area contributed by atoms with E-state index in [0.29, 0.717) is 34.3 Å². The van der Waals surface area contributed by atoms with Crippen LogP contribution in [-0.2, 0) is 14.3 Å². The van der Waals surface area contributed by atoms with Gasteiger partial charge in [-0.2, -0.15) is 0 Å². The van der Waals surface area contributed by atoms with Gasteiger partial charge in [0.05, 0.1) is 0 Å². The second kappa shape index (κ2) is 2.80. The zero-order valence-electron chi connectivity index (χ0n) is 9.35. The summed E-state index contributed by atoms with van der Waals surface area (Å²) < 4.78 is 6.48. The van der Waals surface area contributed by atoms with Crippen molar-refractivity contribution in [3.8, 4) is 0 Å². The van der Waals surface area contributed by atoms with E-state index in [0.717, 1.165) is 0 Å². The van der Waals surface area contributed by atoms with Crippen molar-refractivity contribution in [3.05, 3.63) is 16.6 Å². The quantitative estimate of drug-likeness (QED) is 0.374. The van der Waals surface area contributed by atoms with Crippen molar-refractivity contribution < 1.29 is 14.3 Å². The Morgan fingerprint density at radius 1 is 1.24 bits per heavy atom. The van der Waals surface area contributed by atoms with Crippen molar-refractivity contribution in [1.82, 2.24) is 0 Å². The first-order chi connectivity index (χ1) is 8.01. The van der Waals surface area contributed by atoms with Gasteiger partial charge < -0.3 is 0 Å². The van der Waals surface area contributed by atoms with Crippen LogP contribution in [-0.4, -0.2) is 41.4 Å². The van der Waals surface area contributed by atoms with E-state index in [4.69, 9.17) is 4.74 Å². The van der Waals surface area contributed by atoms with Gasteiger partial charge in [0.2, 0.25) is 0 Å². The standard InChI is InChI=1S/C12H10O3Se2/c1-11-6-5-3-4-16-8(5)17-7(6)12(11,2)10(14)15-9(11)13/h3-4,6-7H,1-2H3/t6-,7+,11-,12+/m1/s1. The van der Waals surface area contributed by atoms with Crippen molar-refractivity contribution in [2.45, 2.75) is 24.6 Å². The molecule has 2 aliphatic heterocycles. The molecule has 4 rings (SSSR count). The van der Waals surface area contributed by atoms with Gasteiger partial charge in [0.1, 0.15) is 0 Å². The van der Waals surface area contributed by atoms with Crippen LogP contribution >= 0.6 is 0 Å². The molecular weight excluding hydrogens is 350 g/mol. The number of carbonyl (C=O) groups excluding carboxylic acids is 2. The zero-order valence-corrected chi connectivity index (χ0v) is 12.8. The van der Waals surface area contributed by atoms with Gasteiger partial charge in [-0.25, -0.2) is 0 Å². The number of carbonyl (C=O) groups is 2. The fraction of sp³-hybridized carbons (Fsp3) is 0.500. The van der Waals surface area contributed by atoms with E-state index in [1.165, 1.54) is 5.56 Å². The molecule has 0 unspecified atom stereocenters. The van der Waals surface area contributed by atoms with Crippen LogP contribution < -0.4 is 3.34 Å². The molecule has 1 aromatic heterocycles. The molecule has 0 radical (unpaired) electrons. The normalized spacial score (nSPS) is 46.0. The van der Waals surface area contributed by atoms with Crippen LogP contribution in [0.25, 0.3) is 0 Å². The third-order valence-corrected chi connectivity index (χ3v) is 11.5. The number of esters is 2. The van der Waals surface area contributed by atoms with E-state index in [1.807, 2.05) is 13.8 Å². The molecule has 0 amide bonds. The van der Waals surface area contributed by atoms with Crippen LogP contribution in [0.3, 0.4) is 0 Å². The topological polar surface area (TPSA) is 43.4 Å². The Bertz CT molecular complexity index is 578. The van der Waals surface area contributed by atoms with Crippen LogP contribution in [0.2, 0.25) is 4.82 Å².